The molecule has 8 rings (SSSR count). The van der Waals surface area contributed by atoms with E-state index in [-0.39, 0.29) is 34.5 Å². The highest BCUT2D eigenvalue weighted by Gasteiger charge is 2.58. The smallest absolute Gasteiger partial charge is 0.224 e. The van der Waals surface area contributed by atoms with Crippen LogP contribution in [0.15, 0.2) is 60.9 Å². The van der Waals surface area contributed by atoms with E-state index in [1.54, 1.807) is 0 Å². The molecule has 4 aliphatic rings. The van der Waals surface area contributed by atoms with E-state index in [1.807, 2.05) is 12.4 Å². The van der Waals surface area contributed by atoms with Gasteiger partial charge in [0.05, 0.1) is 36.9 Å². The molecule has 4 N–H and O–H groups in total. The number of aromatic amines is 2. The molecule has 2 amide bonds. The average Bonchev–Trinajstić information content (AvgIpc) is 3.78. The van der Waals surface area contributed by atoms with Crippen molar-refractivity contribution in [1.29, 1.82) is 0 Å². The maximum absolute atomic E-state index is 12.7. The van der Waals surface area contributed by atoms with Crippen molar-refractivity contribution >= 4 is 11.8 Å². The van der Waals surface area contributed by atoms with Crippen LogP contribution in [0.2, 0.25) is 0 Å². The second-order valence-electron chi connectivity index (χ2n) is 13.5. The van der Waals surface area contributed by atoms with Gasteiger partial charge in [-0.25, -0.2) is 9.97 Å². The molecular formula is C36H40N6O4. The summed E-state index contributed by atoms with van der Waals surface area (Å²) < 4.78 is 10.9. The second kappa shape index (κ2) is 11.8. The summed E-state index contributed by atoms with van der Waals surface area (Å²) in [7, 11) is 0. The topological polar surface area (TPSA) is 134 Å². The first kappa shape index (κ1) is 29.1. The third-order valence-corrected chi connectivity index (χ3v) is 10.8. The molecule has 4 heterocycles. The molecule has 46 heavy (non-hydrogen) atoms. The van der Waals surface area contributed by atoms with Crippen molar-refractivity contribution in [3.63, 3.8) is 0 Å². The number of nitrogens with zero attached hydrogens (tertiary/aromatic N) is 2. The van der Waals surface area contributed by atoms with Crippen LogP contribution in [0.1, 0.15) is 50.2 Å². The fraction of sp³-hybridized carbons (Fsp3) is 0.444. The van der Waals surface area contributed by atoms with E-state index < -0.39 is 0 Å². The molecule has 10 nitrogen and oxygen atoms in total. The Hall–Kier alpha value is -4.28. The molecule has 4 aromatic rings. The summed E-state index contributed by atoms with van der Waals surface area (Å²) in [5, 5.41) is 6.15. The molecule has 2 unspecified atom stereocenters. The van der Waals surface area contributed by atoms with Crippen LogP contribution < -0.4 is 10.6 Å². The van der Waals surface area contributed by atoms with Crippen LogP contribution in [0.25, 0.3) is 33.6 Å². The van der Waals surface area contributed by atoms with Crippen LogP contribution in [0, 0.1) is 22.7 Å². The number of amides is 2. The number of carbonyl (C=O) groups is 2. The van der Waals surface area contributed by atoms with Gasteiger partial charge in [0.15, 0.2) is 0 Å². The van der Waals surface area contributed by atoms with Gasteiger partial charge in [-0.15, -0.1) is 0 Å². The van der Waals surface area contributed by atoms with Crippen LogP contribution in [-0.4, -0.2) is 58.2 Å². The van der Waals surface area contributed by atoms with Crippen molar-refractivity contribution in [2.45, 2.75) is 51.6 Å². The fourth-order valence-corrected chi connectivity index (χ4v) is 7.57. The molecule has 2 saturated carbocycles. The highest BCUT2D eigenvalue weighted by molar-refractivity contribution is 5.83. The summed E-state index contributed by atoms with van der Waals surface area (Å²) in [6.07, 6.45) is 9.54. The van der Waals surface area contributed by atoms with Gasteiger partial charge in [-0.2, -0.15) is 0 Å². The molecule has 10 heteroatoms. The van der Waals surface area contributed by atoms with Crippen LogP contribution in [0.5, 0.6) is 0 Å². The van der Waals surface area contributed by atoms with E-state index in [4.69, 9.17) is 9.47 Å². The number of rotatable bonds is 9. The first-order chi connectivity index (χ1) is 22.5. The Morgan fingerprint density at radius 2 is 1.00 bits per heavy atom. The van der Waals surface area contributed by atoms with Gasteiger partial charge in [0.2, 0.25) is 11.8 Å². The number of hydrogen-bond donors (Lipinski definition) is 4. The van der Waals surface area contributed by atoms with E-state index in [9.17, 15) is 9.59 Å². The number of aromatic nitrogens is 4. The first-order valence-electron chi connectivity index (χ1n) is 16.5. The molecule has 0 radical (unpaired) electrons. The van der Waals surface area contributed by atoms with E-state index in [1.165, 1.54) is 0 Å². The maximum Gasteiger partial charge on any atom is 0.224 e. The average molecular weight is 621 g/mol. The van der Waals surface area contributed by atoms with Gasteiger partial charge in [-0.05, 0) is 71.6 Å². The first-order valence-corrected chi connectivity index (χ1v) is 16.5. The number of imidazole rings is 2. The summed E-state index contributed by atoms with van der Waals surface area (Å²) in [6.45, 7) is 3.86. The lowest BCUT2D eigenvalue weighted by Crippen LogP contribution is -2.29. The molecule has 2 aliphatic heterocycles. The van der Waals surface area contributed by atoms with Crippen LogP contribution >= 0.6 is 0 Å². The number of ether oxygens (including phenoxy) is 2. The summed E-state index contributed by atoms with van der Waals surface area (Å²) >= 11 is 0. The lowest BCUT2D eigenvalue weighted by molar-refractivity contribution is -0.124. The van der Waals surface area contributed by atoms with Gasteiger partial charge in [0.25, 0.3) is 0 Å². The highest BCUT2D eigenvalue weighted by atomic mass is 16.5. The lowest BCUT2D eigenvalue weighted by atomic mass is 9.93. The van der Waals surface area contributed by atoms with Crippen LogP contribution in [0.3, 0.4) is 0 Å². The third kappa shape index (κ3) is 5.76. The second-order valence-corrected chi connectivity index (χ2v) is 13.5. The Bertz CT molecular complexity index is 1590. The van der Waals surface area contributed by atoms with Crippen LogP contribution in [-0.2, 0) is 32.2 Å². The Balaban J connectivity index is 0.832. The number of benzene rings is 2. The normalized spacial score (nSPS) is 22.4. The zero-order valence-corrected chi connectivity index (χ0v) is 25.9. The van der Waals surface area contributed by atoms with Crippen molar-refractivity contribution in [2.24, 2.45) is 22.7 Å². The summed E-state index contributed by atoms with van der Waals surface area (Å²) in [5.41, 5.74) is 6.49. The highest BCUT2D eigenvalue weighted by Crippen LogP contribution is 2.60. The standard InChI is InChI=1S/C36H40N6O4/c43-33(27-17-35(27)9-13-45-14-10-35)39-21-31-37-19-29(41-31)25-5-1-23(2-6-25)24-3-7-26(8-4-24)30-20-38-32(42-30)22-40-34(44)28-18-36(28)11-15-46-16-12-36/h1-8,19-20,27-28H,9-18,21-22H2,(H,37,41)(H,38,42)(H,39,43)(H,40,44). The SMILES string of the molecule is O=C(NCc1ncc(-c2ccc(-c3ccc(-c4cnc(CNC(=O)C5CC56CCOCC6)[nH]4)cc3)cc2)[nH]1)C1CC12CCOCC2. The van der Waals surface area contributed by atoms with E-state index in [0.717, 1.165) is 110 Å². The zero-order valence-electron chi connectivity index (χ0n) is 25.9. The Labute approximate surface area is 268 Å². The quantitative estimate of drug-likeness (QED) is 0.208. The van der Waals surface area contributed by atoms with E-state index in [0.29, 0.717) is 13.1 Å². The minimum atomic E-state index is 0.112. The molecule has 2 aromatic carbocycles. The summed E-state index contributed by atoms with van der Waals surface area (Å²) in [4.78, 5) is 41.1. The van der Waals surface area contributed by atoms with Gasteiger partial charge in [-0.1, -0.05) is 48.5 Å². The number of H-pyrrole nitrogens is 2. The Morgan fingerprint density at radius 3 is 1.39 bits per heavy atom. The summed E-state index contributed by atoms with van der Waals surface area (Å²) in [6, 6.07) is 16.8. The van der Waals surface area contributed by atoms with Crippen molar-refractivity contribution in [3.8, 4) is 33.6 Å². The largest absolute Gasteiger partial charge is 0.381 e. The predicted octanol–water partition coefficient (Wildman–Crippen LogP) is 5.00. The summed E-state index contributed by atoms with van der Waals surface area (Å²) in [5.74, 6) is 1.98. The van der Waals surface area contributed by atoms with Gasteiger partial charge in [0.1, 0.15) is 11.6 Å². The van der Waals surface area contributed by atoms with Crippen molar-refractivity contribution in [3.05, 3.63) is 72.6 Å². The molecule has 2 aromatic heterocycles. The van der Waals surface area contributed by atoms with E-state index >= 15 is 0 Å². The zero-order chi connectivity index (χ0) is 31.1. The number of nitrogens with one attached hydrogen (secondary N) is 4. The minimum absolute atomic E-state index is 0.112. The molecule has 2 spiro atoms. The third-order valence-electron chi connectivity index (χ3n) is 10.8. The monoisotopic (exact) mass is 620 g/mol. The number of carbonyl (C=O) groups excluding carboxylic acids is 2. The van der Waals surface area contributed by atoms with Crippen molar-refractivity contribution < 1.29 is 19.1 Å². The molecule has 2 aliphatic carbocycles. The van der Waals surface area contributed by atoms with Gasteiger partial charge < -0.3 is 30.1 Å². The molecule has 0 bridgehead atoms. The molecule has 2 atom stereocenters. The minimum Gasteiger partial charge on any atom is -0.381 e. The van der Waals surface area contributed by atoms with Crippen LogP contribution in [0.4, 0.5) is 0 Å². The molecule has 4 fully saturated rings. The molecular weight excluding hydrogens is 580 g/mol. The molecule has 2 saturated heterocycles. The predicted molar refractivity (Wildman–Crippen MR) is 172 cm³/mol. The fourth-order valence-electron chi connectivity index (χ4n) is 7.57. The van der Waals surface area contributed by atoms with Gasteiger partial charge in [-0.3, -0.25) is 9.59 Å². The number of hydrogen-bond acceptors (Lipinski definition) is 6. The van der Waals surface area contributed by atoms with Gasteiger partial charge >= 0.3 is 0 Å². The Morgan fingerprint density at radius 1 is 0.630 bits per heavy atom. The van der Waals surface area contributed by atoms with Gasteiger partial charge in [0, 0.05) is 38.3 Å². The molecule has 238 valence electrons. The van der Waals surface area contributed by atoms with Crippen molar-refractivity contribution in [1.82, 2.24) is 30.6 Å². The lowest BCUT2D eigenvalue weighted by Gasteiger charge is -2.22. The Kier molecular flexibility index (Phi) is 7.49. The van der Waals surface area contributed by atoms with Crippen molar-refractivity contribution in [2.75, 3.05) is 26.4 Å². The maximum atomic E-state index is 12.7. The van der Waals surface area contributed by atoms with E-state index in [2.05, 4.69) is 79.1 Å².